The molecule has 31 heavy (non-hydrogen) atoms. The molecule has 0 aromatic heterocycles. The number of nitrogens with one attached hydrogen (secondary N) is 1. The molecule has 1 unspecified atom stereocenters. The average molecular weight is 463 g/mol. The van der Waals surface area contributed by atoms with E-state index in [1.165, 1.54) is 6.92 Å². The summed E-state index contributed by atoms with van der Waals surface area (Å²) in [6, 6.07) is -1.29. The van der Waals surface area contributed by atoms with Gasteiger partial charge in [0, 0.05) is 34.6 Å². The van der Waals surface area contributed by atoms with Gasteiger partial charge in [0.25, 0.3) is 0 Å². The van der Waals surface area contributed by atoms with Gasteiger partial charge < -0.3 is 29.0 Å². The first kappa shape index (κ1) is 26.4. The molecule has 174 valence electrons. The highest BCUT2D eigenvalue weighted by atomic mass is 32.2. The van der Waals surface area contributed by atoms with Crippen LogP contribution >= 0.6 is 11.8 Å². The Morgan fingerprint density at radius 2 is 1.35 bits per heavy atom. The van der Waals surface area contributed by atoms with Gasteiger partial charge >= 0.3 is 23.9 Å². The molecule has 0 aliphatic carbocycles. The Morgan fingerprint density at radius 1 is 0.806 bits per heavy atom. The van der Waals surface area contributed by atoms with Gasteiger partial charge in [0.1, 0.15) is 18.8 Å². The second kappa shape index (κ2) is 12.2. The molecule has 1 saturated heterocycles. The van der Waals surface area contributed by atoms with Crippen molar-refractivity contribution in [2.75, 3.05) is 12.4 Å². The molecule has 1 fully saturated rings. The predicted molar refractivity (Wildman–Crippen MR) is 103 cm³/mol. The third-order valence-electron chi connectivity index (χ3n) is 3.72. The minimum absolute atomic E-state index is 0.263. The van der Waals surface area contributed by atoms with Gasteiger partial charge in [-0.15, -0.1) is 0 Å². The molecule has 5 atom stereocenters. The van der Waals surface area contributed by atoms with Crippen molar-refractivity contribution in [2.24, 2.45) is 0 Å². The molecule has 1 aliphatic heterocycles. The Hall–Kier alpha value is -2.67. The topological polar surface area (TPSA) is 161 Å². The van der Waals surface area contributed by atoms with Crippen molar-refractivity contribution >= 4 is 46.7 Å². The van der Waals surface area contributed by atoms with Crippen LogP contribution in [0, 0.1) is 0 Å². The molecule has 0 saturated carbocycles. The molecule has 0 spiro atoms. The maximum atomic E-state index is 12.3. The Kier molecular flexibility index (Phi) is 10.4. The molecule has 12 nitrogen and oxygen atoms in total. The van der Waals surface area contributed by atoms with E-state index < -0.39 is 67.0 Å². The van der Waals surface area contributed by atoms with Gasteiger partial charge in [0.15, 0.2) is 17.3 Å². The van der Waals surface area contributed by atoms with Crippen LogP contribution in [0.2, 0.25) is 0 Å². The number of hydrogen-bond donors (Lipinski definition) is 1. The SMILES string of the molecule is CC(=O)OC[C@H]1OC(OC(C)=O)[C@H](NC(=O)CSC(C)=O)[C@@H](OC(C)=O)[C@@H]1OC(C)=O. The quantitative estimate of drug-likeness (QED) is 0.362. The van der Waals surface area contributed by atoms with Crippen LogP contribution in [0.3, 0.4) is 0 Å². The summed E-state index contributed by atoms with van der Waals surface area (Å²) in [6.07, 6.45) is -5.31. The molecule has 0 radical (unpaired) electrons. The molecule has 1 rings (SSSR count). The lowest BCUT2D eigenvalue weighted by Crippen LogP contribution is -2.67. The number of carbonyl (C=O) groups is 6. The molecular formula is C18H25NO11S. The molecule has 0 aromatic carbocycles. The van der Waals surface area contributed by atoms with E-state index in [2.05, 4.69) is 5.32 Å². The first-order valence-electron chi connectivity index (χ1n) is 9.14. The number of hydrogen-bond acceptors (Lipinski definition) is 12. The van der Waals surface area contributed by atoms with Crippen molar-refractivity contribution in [1.29, 1.82) is 0 Å². The Balaban J connectivity index is 3.29. The van der Waals surface area contributed by atoms with E-state index >= 15 is 0 Å². The van der Waals surface area contributed by atoms with Gasteiger partial charge in [-0.1, -0.05) is 11.8 Å². The van der Waals surface area contributed by atoms with Crippen molar-refractivity contribution < 1.29 is 52.5 Å². The number of thioether (sulfide) groups is 1. The van der Waals surface area contributed by atoms with E-state index in [4.69, 9.17) is 23.7 Å². The molecule has 1 aliphatic rings. The lowest BCUT2D eigenvalue weighted by Gasteiger charge is -2.44. The standard InChI is InChI=1S/C18H25NO11S/c1-8(20)26-6-13-16(27-9(2)21)17(28-10(3)22)15(18(30-13)29-11(4)23)19-14(25)7-31-12(5)24/h13,15-18H,6-7H2,1-5H3,(H,19,25)/t13-,15-,16-,17-,18?/m1/s1. The van der Waals surface area contributed by atoms with Crippen LogP contribution in [0.5, 0.6) is 0 Å². The van der Waals surface area contributed by atoms with E-state index in [0.717, 1.165) is 39.5 Å². The number of carbonyl (C=O) groups excluding carboxylic acids is 6. The van der Waals surface area contributed by atoms with Crippen LogP contribution in [-0.2, 0) is 52.5 Å². The third-order valence-corrected chi connectivity index (χ3v) is 4.53. The lowest BCUT2D eigenvalue weighted by atomic mass is 9.96. The van der Waals surface area contributed by atoms with Crippen LogP contribution in [0.25, 0.3) is 0 Å². The van der Waals surface area contributed by atoms with Crippen molar-refractivity contribution in [1.82, 2.24) is 5.32 Å². The highest BCUT2D eigenvalue weighted by molar-refractivity contribution is 8.14. The number of rotatable bonds is 8. The van der Waals surface area contributed by atoms with E-state index in [1.54, 1.807) is 0 Å². The Bertz CT molecular complexity index is 725. The van der Waals surface area contributed by atoms with Crippen molar-refractivity contribution in [3.05, 3.63) is 0 Å². The molecule has 0 aromatic rings. The summed E-state index contributed by atoms with van der Waals surface area (Å²) in [4.78, 5) is 69.6. The van der Waals surface area contributed by atoms with Crippen LogP contribution < -0.4 is 5.32 Å². The van der Waals surface area contributed by atoms with Gasteiger partial charge in [0.2, 0.25) is 12.2 Å². The molecule has 1 heterocycles. The summed E-state index contributed by atoms with van der Waals surface area (Å²) in [5, 5.41) is 2.18. The zero-order valence-corrected chi connectivity index (χ0v) is 18.5. The van der Waals surface area contributed by atoms with E-state index in [0.29, 0.717) is 0 Å². The normalized spacial score (nSPS) is 25.0. The zero-order valence-electron chi connectivity index (χ0n) is 17.7. The van der Waals surface area contributed by atoms with Gasteiger partial charge in [-0.25, -0.2) is 0 Å². The second-order valence-corrected chi connectivity index (χ2v) is 7.63. The van der Waals surface area contributed by atoms with Crippen LogP contribution in [-0.4, -0.2) is 77.9 Å². The molecule has 1 N–H and O–H groups in total. The maximum absolute atomic E-state index is 12.3. The summed E-state index contributed by atoms with van der Waals surface area (Å²) in [5.74, 6) is -3.89. The fourth-order valence-electron chi connectivity index (χ4n) is 2.71. The fraction of sp³-hybridized carbons (Fsp3) is 0.667. The van der Waals surface area contributed by atoms with Crippen molar-refractivity contribution in [2.45, 2.75) is 65.3 Å². The minimum atomic E-state index is -1.47. The predicted octanol–water partition coefficient (Wildman–Crippen LogP) is -0.535. The smallest absolute Gasteiger partial charge is 0.305 e. The lowest BCUT2D eigenvalue weighted by molar-refractivity contribution is -0.270. The second-order valence-electron chi connectivity index (χ2n) is 6.48. The summed E-state index contributed by atoms with van der Waals surface area (Å²) in [7, 11) is 0. The minimum Gasteiger partial charge on any atom is -0.463 e. The highest BCUT2D eigenvalue weighted by Gasteiger charge is 2.52. The van der Waals surface area contributed by atoms with Crippen LogP contribution in [0.4, 0.5) is 0 Å². The van der Waals surface area contributed by atoms with Crippen molar-refractivity contribution in [3.63, 3.8) is 0 Å². The van der Waals surface area contributed by atoms with E-state index in [1.807, 2.05) is 0 Å². The molecule has 13 heteroatoms. The van der Waals surface area contributed by atoms with Gasteiger partial charge in [-0.05, 0) is 0 Å². The molecule has 1 amide bonds. The van der Waals surface area contributed by atoms with E-state index in [9.17, 15) is 28.8 Å². The maximum Gasteiger partial charge on any atom is 0.305 e. The largest absolute Gasteiger partial charge is 0.463 e. The fourth-order valence-corrected chi connectivity index (χ4v) is 3.13. The summed E-state index contributed by atoms with van der Waals surface area (Å²) in [5.41, 5.74) is 0. The van der Waals surface area contributed by atoms with Gasteiger partial charge in [-0.3, -0.25) is 28.8 Å². The zero-order chi connectivity index (χ0) is 23.7. The summed E-state index contributed by atoms with van der Waals surface area (Å²) >= 11 is 0.731. The summed E-state index contributed by atoms with van der Waals surface area (Å²) in [6.45, 7) is 5.29. The Labute approximate surface area is 182 Å². The molecular weight excluding hydrogens is 438 g/mol. The van der Waals surface area contributed by atoms with Gasteiger partial charge in [-0.2, -0.15) is 0 Å². The summed E-state index contributed by atoms with van der Waals surface area (Å²) < 4.78 is 26.2. The first-order valence-corrected chi connectivity index (χ1v) is 10.1. The van der Waals surface area contributed by atoms with Crippen LogP contribution in [0.1, 0.15) is 34.6 Å². The highest BCUT2D eigenvalue weighted by Crippen LogP contribution is 2.28. The third kappa shape index (κ3) is 9.34. The number of ether oxygens (including phenoxy) is 5. The van der Waals surface area contributed by atoms with Crippen LogP contribution in [0.15, 0.2) is 0 Å². The Morgan fingerprint density at radius 3 is 1.84 bits per heavy atom. The van der Waals surface area contributed by atoms with Gasteiger partial charge in [0.05, 0.1) is 5.75 Å². The first-order chi connectivity index (χ1) is 14.4. The number of amides is 1. The van der Waals surface area contributed by atoms with E-state index in [-0.39, 0.29) is 10.9 Å². The van der Waals surface area contributed by atoms with Crippen molar-refractivity contribution in [3.8, 4) is 0 Å². The molecule has 0 bridgehead atoms. The number of esters is 4. The monoisotopic (exact) mass is 463 g/mol. The average Bonchev–Trinajstić information content (AvgIpc) is 2.62.